The first kappa shape index (κ1) is 14.4. The van der Waals surface area contributed by atoms with Crippen molar-refractivity contribution in [2.24, 2.45) is 16.5 Å². The van der Waals surface area contributed by atoms with Gasteiger partial charge < -0.3 is 16.6 Å². The third kappa shape index (κ3) is 7.74. The van der Waals surface area contributed by atoms with E-state index in [1.807, 2.05) is 0 Å². The lowest BCUT2D eigenvalue weighted by atomic mass is 10.1. The minimum absolute atomic E-state index is 0.0106. The number of aliphatic carboxylic acids is 1. The number of hydrogen-bond donors (Lipinski definition) is 4. The number of Topliss-reactive ketones (excluding diaryl/α,β-unsaturated/α-hetero) is 1. The summed E-state index contributed by atoms with van der Waals surface area (Å²) in [5.41, 5.74) is 10.2. The number of carbonyl (C=O) groups is 2. The average molecular weight is 230 g/mol. The van der Waals surface area contributed by atoms with Gasteiger partial charge in [-0.1, -0.05) is 0 Å². The first-order valence-electron chi connectivity index (χ1n) is 4.94. The third-order valence-corrected chi connectivity index (χ3v) is 1.84. The summed E-state index contributed by atoms with van der Waals surface area (Å²) in [6.45, 7) is 1.83. The fraction of sp³-hybridized carbons (Fsp3) is 0.667. The summed E-state index contributed by atoms with van der Waals surface area (Å²) in [6, 6.07) is -0.738. The highest BCUT2D eigenvalue weighted by Crippen LogP contribution is 1.98. The molecule has 0 fully saturated rings. The van der Waals surface area contributed by atoms with E-state index >= 15 is 0 Å². The van der Waals surface area contributed by atoms with Crippen LogP contribution >= 0.6 is 0 Å². The molecule has 0 rings (SSSR count). The number of nitrogens with two attached hydrogens (primary N) is 2. The molecule has 7 heteroatoms. The van der Waals surface area contributed by atoms with Crippen molar-refractivity contribution in [3.63, 3.8) is 0 Å². The molecule has 0 aliphatic heterocycles. The normalized spacial score (nSPS) is 11.8. The minimum Gasteiger partial charge on any atom is -0.480 e. The fourth-order valence-electron chi connectivity index (χ4n) is 1.08. The second-order valence-corrected chi connectivity index (χ2v) is 3.42. The van der Waals surface area contributed by atoms with Crippen LogP contribution in [-0.2, 0) is 9.59 Å². The lowest BCUT2D eigenvalue weighted by Gasteiger charge is -2.12. The standard InChI is InChI=1S/C9H18N4O3/c1-6(14)5-13-7(8(15)16)3-2-4-12-9(10)11/h7,13H,2-5H2,1H3,(H,15,16)(H4,10,11,12). The van der Waals surface area contributed by atoms with Crippen molar-refractivity contribution >= 4 is 17.7 Å². The van der Waals surface area contributed by atoms with E-state index in [1.165, 1.54) is 6.92 Å². The van der Waals surface area contributed by atoms with Crippen molar-refractivity contribution in [2.45, 2.75) is 25.8 Å². The van der Waals surface area contributed by atoms with Crippen molar-refractivity contribution in [1.82, 2.24) is 5.32 Å². The molecule has 0 radical (unpaired) electrons. The zero-order valence-corrected chi connectivity index (χ0v) is 9.27. The fourth-order valence-corrected chi connectivity index (χ4v) is 1.08. The minimum atomic E-state index is -0.981. The Labute approximate surface area is 93.9 Å². The number of hydrogen-bond acceptors (Lipinski definition) is 4. The predicted octanol–water partition coefficient (Wildman–Crippen LogP) is -1.33. The van der Waals surface area contributed by atoms with Crippen molar-refractivity contribution in [3.05, 3.63) is 0 Å². The van der Waals surface area contributed by atoms with Crippen LogP contribution < -0.4 is 16.8 Å². The Kier molecular flexibility index (Phi) is 6.86. The highest BCUT2D eigenvalue weighted by molar-refractivity contribution is 5.79. The SMILES string of the molecule is CC(=O)CNC(CCCN=C(N)N)C(=O)O. The van der Waals surface area contributed by atoms with Gasteiger partial charge in [0.1, 0.15) is 11.8 Å². The molecule has 0 spiro atoms. The maximum atomic E-state index is 10.8. The summed E-state index contributed by atoms with van der Waals surface area (Å²) in [4.78, 5) is 25.2. The molecule has 6 N–H and O–H groups in total. The van der Waals surface area contributed by atoms with E-state index < -0.39 is 12.0 Å². The number of carboxylic acids is 1. The van der Waals surface area contributed by atoms with Crippen LogP contribution in [0.2, 0.25) is 0 Å². The van der Waals surface area contributed by atoms with E-state index in [0.29, 0.717) is 19.4 Å². The van der Waals surface area contributed by atoms with Crippen molar-refractivity contribution < 1.29 is 14.7 Å². The topological polar surface area (TPSA) is 131 Å². The summed E-state index contributed by atoms with van der Waals surface area (Å²) in [6.07, 6.45) is 0.916. The quantitative estimate of drug-likeness (QED) is 0.232. The monoisotopic (exact) mass is 230 g/mol. The molecule has 0 saturated carbocycles. The van der Waals surface area contributed by atoms with Gasteiger partial charge in [-0.3, -0.25) is 19.9 Å². The van der Waals surface area contributed by atoms with E-state index in [9.17, 15) is 9.59 Å². The van der Waals surface area contributed by atoms with Crippen LogP contribution in [0.1, 0.15) is 19.8 Å². The van der Waals surface area contributed by atoms with Gasteiger partial charge in [0.05, 0.1) is 6.54 Å². The molecule has 0 aromatic carbocycles. The number of nitrogens with one attached hydrogen (secondary N) is 1. The van der Waals surface area contributed by atoms with Gasteiger partial charge in [0, 0.05) is 6.54 Å². The molecule has 0 aromatic heterocycles. The number of carboxylic acid groups (broad SMARTS) is 1. The van der Waals surface area contributed by atoms with E-state index in [-0.39, 0.29) is 18.3 Å². The van der Waals surface area contributed by atoms with Gasteiger partial charge in [-0.25, -0.2) is 0 Å². The van der Waals surface area contributed by atoms with Crippen LogP contribution in [0.5, 0.6) is 0 Å². The molecular weight excluding hydrogens is 212 g/mol. The summed E-state index contributed by atoms with van der Waals surface area (Å²) < 4.78 is 0. The third-order valence-electron chi connectivity index (χ3n) is 1.84. The van der Waals surface area contributed by atoms with E-state index in [1.54, 1.807) is 0 Å². The molecule has 7 nitrogen and oxygen atoms in total. The maximum absolute atomic E-state index is 10.8. The van der Waals surface area contributed by atoms with Gasteiger partial charge in [-0.15, -0.1) is 0 Å². The molecule has 16 heavy (non-hydrogen) atoms. The Hall–Kier alpha value is -1.63. The maximum Gasteiger partial charge on any atom is 0.320 e. The number of carbonyl (C=O) groups excluding carboxylic acids is 1. The van der Waals surface area contributed by atoms with Gasteiger partial charge >= 0.3 is 5.97 Å². The Bertz CT molecular complexity index is 274. The second kappa shape index (κ2) is 7.63. The summed E-state index contributed by atoms with van der Waals surface area (Å²) in [7, 11) is 0. The average Bonchev–Trinajstić information content (AvgIpc) is 2.15. The molecule has 0 aliphatic carbocycles. The molecule has 0 bridgehead atoms. The van der Waals surface area contributed by atoms with Crippen LogP contribution in [0.15, 0.2) is 4.99 Å². The van der Waals surface area contributed by atoms with Gasteiger partial charge in [0.15, 0.2) is 5.96 Å². The first-order valence-corrected chi connectivity index (χ1v) is 4.94. The number of nitrogens with zero attached hydrogens (tertiary/aromatic N) is 1. The first-order chi connectivity index (χ1) is 7.43. The van der Waals surface area contributed by atoms with Gasteiger partial charge in [-0.05, 0) is 19.8 Å². The number of aliphatic imine (C=N–C) groups is 1. The Balaban J connectivity index is 3.90. The highest BCUT2D eigenvalue weighted by atomic mass is 16.4. The molecule has 0 amide bonds. The molecule has 1 atom stereocenters. The largest absolute Gasteiger partial charge is 0.480 e. The lowest BCUT2D eigenvalue weighted by Crippen LogP contribution is -2.39. The second-order valence-electron chi connectivity index (χ2n) is 3.42. The van der Waals surface area contributed by atoms with Gasteiger partial charge in [0.25, 0.3) is 0 Å². The van der Waals surface area contributed by atoms with Gasteiger partial charge in [0.2, 0.25) is 0 Å². The van der Waals surface area contributed by atoms with E-state index in [4.69, 9.17) is 16.6 Å². The van der Waals surface area contributed by atoms with Crippen molar-refractivity contribution in [3.8, 4) is 0 Å². The van der Waals surface area contributed by atoms with Crippen LogP contribution in [0.3, 0.4) is 0 Å². The summed E-state index contributed by atoms with van der Waals surface area (Å²) in [5, 5.41) is 11.5. The smallest absolute Gasteiger partial charge is 0.320 e. The van der Waals surface area contributed by atoms with Crippen LogP contribution in [-0.4, -0.2) is 41.9 Å². The molecule has 0 saturated heterocycles. The Morgan fingerprint density at radius 3 is 2.50 bits per heavy atom. The summed E-state index contributed by atoms with van der Waals surface area (Å²) >= 11 is 0. The van der Waals surface area contributed by atoms with Crippen LogP contribution in [0.4, 0.5) is 0 Å². The Morgan fingerprint density at radius 1 is 1.44 bits per heavy atom. The predicted molar refractivity (Wildman–Crippen MR) is 60.0 cm³/mol. The molecule has 92 valence electrons. The zero-order valence-electron chi connectivity index (χ0n) is 9.27. The lowest BCUT2D eigenvalue weighted by molar-refractivity contribution is -0.139. The van der Waals surface area contributed by atoms with E-state index in [0.717, 1.165) is 0 Å². The highest BCUT2D eigenvalue weighted by Gasteiger charge is 2.16. The number of guanidine groups is 1. The molecule has 0 heterocycles. The Morgan fingerprint density at radius 2 is 2.06 bits per heavy atom. The van der Waals surface area contributed by atoms with Crippen molar-refractivity contribution in [2.75, 3.05) is 13.1 Å². The number of ketones is 1. The van der Waals surface area contributed by atoms with Crippen molar-refractivity contribution in [1.29, 1.82) is 0 Å². The van der Waals surface area contributed by atoms with Gasteiger partial charge in [-0.2, -0.15) is 0 Å². The van der Waals surface area contributed by atoms with Crippen LogP contribution in [0.25, 0.3) is 0 Å². The number of rotatable bonds is 8. The molecule has 1 unspecified atom stereocenters. The zero-order chi connectivity index (χ0) is 12.6. The molecular formula is C9H18N4O3. The van der Waals surface area contributed by atoms with Crippen LogP contribution in [0, 0.1) is 0 Å². The summed E-state index contributed by atoms with van der Waals surface area (Å²) in [5.74, 6) is -1.09. The van der Waals surface area contributed by atoms with E-state index in [2.05, 4.69) is 10.3 Å². The molecule has 0 aromatic rings. The molecule has 0 aliphatic rings.